The van der Waals surface area contributed by atoms with Gasteiger partial charge in [-0.05, 0) is 38.4 Å². The lowest BCUT2D eigenvalue weighted by molar-refractivity contribution is -0.385. The summed E-state index contributed by atoms with van der Waals surface area (Å²) in [7, 11) is 2.06. The van der Waals surface area contributed by atoms with E-state index in [0.29, 0.717) is 0 Å². The molecule has 0 saturated heterocycles. The van der Waals surface area contributed by atoms with Crippen molar-refractivity contribution in [3.63, 3.8) is 0 Å². The topological polar surface area (TPSA) is 46.4 Å². The molecule has 0 spiro atoms. The quantitative estimate of drug-likeness (QED) is 0.539. The zero-order chi connectivity index (χ0) is 11.9. The standard InChI is InChI=1S/C12H16N2O2/c1-12(2)7-9-4-5-11(14(15)16)6-10(9)8-13(12)3/h4-6H,7-8H2,1-3H3. The van der Waals surface area contributed by atoms with Crippen molar-refractivity contribution < 1.29 is 4.92 Å². The summed E-state index contributed by atoms with van der Waals surface area (Å²) in [4.78, 5) is 12.6. The smallest absolute Gasteiger partial charge is 0.269 e. The molecular formula is C12H16N2O2. The second kappa shape index (κ2) is 3.56. The third-order valence-corrected chi connectivity index (χ3v) is 3.46. The maximum Gasteiger partial charge on any atom is 0.269 e. The summed E-state index contributed by atoms with van der Waals surface area (Å²) in [6.07, 6.45) is 0.941. The Bertz CT molecular complexity index is 441. The van der Waals surface area contributed by atoms with Crippen molar-refractivity contribution in [2.45, 2.75) is 32.4 Å². The van der Waals surface area contributed by atoms with Crippen molar-refractivity contribution in [3.8, 4) is 0 Å². The Morgan fingerprint density at radius 3 is 2.69 bits per heavy atom. The van der Waals surface area contributed by atoms with Gasteiger partial charge in [0.05, 0.1) is 4.92 Å². The molecule has 0 bridgehead atoms. The van der Waals surface area contributed by atoms with Gasteiger partial charge >= 0.3 is 0 Å². The molecule has 1 aliphatic rings. The van der Waals surface area contributed by atoms with Crippen LogP contribution in [0, 0.1) is 10.1 Å². The van der Waals surface area contributed by atoms with E-state index in [4.69, 9.17) is 0 Å². The first-order valence-electron chi connectivity index (χ1n) is 5.37. The second-order valence-electron chi connectivity index (χ2n) is 5.06. The predicted molar refractivity (Wildman–Crippen MR) is 62.3 cm³/mol. The average Bonchev–Trinajstić information content (AvgIpc) is 2.18. The number of rotatable bonds is 1. The van der Waals surface area contributed by atoms with Gasteiger partial charge in [0.1, 0.15) is 0 Å². The van der Waals surface area contributed by atoms with Crippen LogP contribution in [0.1, 0.15) is 25.0 Å². The van der Waals surface area contributed by atoms with E-state index in [0.717, 1.165) is 18.5 Å². The van der Waals surface area contributed by atoms with E-state index in [1.807, 2.05) is 6.07 Å². The van der Waals surface area contributed by atoms with E-state index >= 15 is 0 Å². The number of nitrogens with zero attached hydrogens (tertiary/aromatic N) is 2. The van der Waals surface area contributed by atoms with Crippen LogP contribution in [0.4, 0.5) is 5.69 Å². The summed E-state index contributed by atoms with van der Waals surface area (Å²) in [5.74, 6) is 0. The van der Waals surface area contributed by atoms with Crippen molar-refractivity contribution in [2.24, 2.45) is 0 Å². The van der Waals surface area contributed by atoms with Crippen molar-refractivity contribution in [1.82, 2.24) is 4.90 Å². The van der Waals surface area contributed by atoms with Gasteiger partial charge in [-0.25, -0.2) is 0 Å². The largest absolute Gasteiger partial charge is 0.297 e. The lowest BCUT2D eigenvalue weighted by Gasteiger charge is -2.40. The van der Waals surface area contributed by atoms with Gasteiger partial charge in [0.2, 0.25) is 0 Å². The van der Waals surface area contributed by atoms with Crippen LogP contribution in [0.2, 0.25) is 0 Å². The Labute approximate surface area is 95.0 Å². The highest BCUT2D eigenvalue weighted by atomic mass is 16.6. The number of benzene rings is 1. The first-order chi connectivity index (χ1) is 7.40. The van der Waals surface area contributed by atoms with E-state index in [9.17, 15) is 10.1 Å². The van der Waals surface area contributed by atoms with Crippen molar-refractivity contribution in [2.75, 3.05) is 7.05 Å². The fourth-order valence-electron chi connectivity index (χ4n) is 2.12. The molecule has 16 heavy (non-hydrogen) atoms. The van der Waals surface area contributed by atoms with E-state index in [2.05, 4.69) is 25.8 Å². The first kappa shape index (κ1) is 11.1. The molecule has 0 fully saturated rings. The summed E-state index contributed by atoms with van der Waals surface area (Å²) < 4.78 is 0. The minimum atomic E-state index is -0.333. The van der Waals surface area contributed by atoms with Crippen LogP contribution in [0.3, 0.4) is 0 Å². The third kappa shape index (κ3) is 1.80. The minimum Gasteiger partial charge on any atom is -0.297 e. The van der Waals surface area contributed by atoms with E-state index in [-0.39, 0.29) is 16.1 Å². The Hall–Kier alpha value is -1.42. The summed E-state index contributed by atoms with van der Waals surface area (Å²) in [5, 5.41) is 10.7. The summed E-state index contributed by atoms with van der Waals surface area (Å²) in [6, 6.07) is 5.18. The van der Waals surface area contributed by atoms with Gasteiger partial charge in [0.25, 0.3) is 5.69 Å². The highest BCUT2D eigenvalue weighted by Gasteiger charge is 2.30. The Morgan fingerprint density at radius 1 is 1.38 bits per heavy atom. The number of hydrogen-bond acceptors (Lipinski definition) is 3. The fraction of sp³-hybridized carbons (Fsp3) is 0.500. The van der Waals surface area contributed by atoms with Gasteiger partial charge < -0.3 is 0 Å². The molecule has 0 N–H and O–H groups in total. The second-order valence-corrected chi connectivity index (χ2v) is 5.06. The van der Waals surface area contributed by atoms with E-state index in [1.165, 1.54) is 5.56 Å². The van der Waals surface area contributed by atoms with Gasteiger partial charge in [-0.15, -0.1) is 0 Å². The highest BCUT2D eigenvalue weighted by molar-refractivity contribution is 5.41. The Kier molecular flexibility index (Phi) is 2.46. The van der Waals surface area contributed by atoms with Gasteiger partial charge in [-0.3, -0.25) is 15.0 Å². The van der Waals surface area contributed by atoms with Crippen molar-refractivity contribution in [1.29, 1.82) is 0 Å². The lowest BCUT2D eigenvalue weighted by atomic mass is 9.86. The van der Waals surface area contributed by atoms with Gasteiger partial charge in [-0.2, -0.15) is 0 Å². The molecule has 4 heteroatoms. The van der Waals surface area contributed by atoms with Crippen molar-refractivity contribution in [3.05, 3.63) is 39.4 Å². The van der Waals surface area contributed by atoms with Crippen LogP contribution >= 0.6 is 0 Å². The van der Waals surface area contributed by atoms with Gasteiger partial charge in [0, 0.05) is 24.2 Å². The molecule has 0 aromatic heterocycles. The normalized spacial score (nSPS) is 19.2. The van der Waals surface area contributed by atoms with E-state index in [1.54, 1.807) is 12.1 Å². The van der Waals surface area contributed by atoms with Crippen LogP contribution in [0.25, 0.3) is 0 Å². The predicted octanol–water partition coefficient (Wildman–Crippen LogP) is 2.36. The molecule has 0 radical (unpaired) electrons. The molecule has 0 aliphatic carbocycles. The lowest BCUT2D eigenvalue weighted by Crippen LogP contribution is -2.45. The molecule has 4 nitrogen and oxygen atoms in total. The number of non-ortho nitro benzene ring substituents is 1. The van der Waals surface area contributed by atoms with Gasteiger partial charge in [0.15, 0.2) is 0 Å². The molecule has 0 atom stereocenters. The third-order valence-electron chi connectivity index (χ3n) is 3.46. The van der Waals surface area contributed by atoms with Crippen LogP contribution in [-0.2, 0) is 13.0 Å². The monoisotopic (exact) mass is 220 g/mol. The Balaban J connectivity index is 2.40. The molecular weight excluding hydrogens is 204 g/mol. The fourth-order valence-corrected chi connectivity index (χ4v) is 2.12. The first-order valence-corrected chi connectivity index (χ1v) is 5.37. The van der Waals surface area contributed by atoms with Crippen LogP contribution < -0.4 is 0 Å². The van der Waals surface area contributed by atoms with Crippen LogP contribution in [0.15, 0.2) is 18.2 Å². The zero-order valence-electron chi connectivity index (χ0n) is 9.86. The summed E-state index contributed by atoms with van der Waals surface area (Å²) >= 11 is 0. The number of fused-ring (bicyclic) bond motifs is 1. The maximum absolute atomic E-state index is 10.7. The highest BCUT2D eigenvalue weighted by Crippen LogP contribution is 2.31. The molecule has 86 valence electrons. The maximum atomic E-state index is 10.7. The van der Waals surface area contributed by atoms with Crippen LogP contribution in [-0.4, -0.2) is 22.4 Å². The molecule has 2 rings (SSSR count). The molecule has 1 heterocycles. The minimum absolute atomic E-state index is 0.128. The number of nitro benzene ring substituents is 1. The molecule has 1 aromatic rings. The molecule has 0 unspecified atom stereocenters. The zero-order valence-corrected chi connectivity index (χ0v) is 9.86. The molecule has 1 aromatic carbocycles. The number of nitro groups is 1. The SMILES string of the molecule is CN1Cc2cc([N+](=O)[O-])ccc2CC1(C)C. The molecule has 0 saturated carbocycles. The van der Waals surface area contributed by atoms with Crippen molar-refractivity contribution >= 4 is 5.69 Å². The van der Waals surface area contributed by atoms with Crippen LogP contribution in [0.5, 0.6) is 0 Å². The number of hydrogen-bond donors (Lipinski definition) is 0. The number of likely N-dealkylation sites (N-methyl/N-ethyl adjacent to an activating group) is 1. The Morgan fingerprint density at radius 2 is 2.06 bits per heavy atom. The average molecular weight is 220 g/mol. The van der Waals surface area contributed by atoms with Gasteiger partial charge in [-0.1, -0.05) is 6.07 Å². The molecule has 0 amide bonds. The van der Waals surface area contributed by atoms with E-state index < -0.39 is 0 Å². The molecule has 1 aliphatic heterocycles. The summed E-state index contributed by atoms with van der Waals surface area (Å²) in [5.41, 5.74) is 2.62. The summed E-state index contributed by atoms with van der Waals surface area (Å²) in [6.45, 7) is 5.17.